The fourth-order valence-electron chi connectivity index (χ4n) is 2.61. The Hall–Kier alpha value is -1.02. The van der Waals surface area contributed by atoms with Crippen molar-refractivity contribution in [3.63, 3.8) is 0 Å². The second-order valence-corrected chi connectivity index (χ2v) is 5.12. The molecule has 1 aromatic carbocycles. The number of carboxylic acid groups (broad SMARTS) is 1. The van der Waals surface area contributed by atoms with Gasteiger partial charge in [0, 0.05) is 5.02 Å². The van der Waals surface area contributed by atoms with Gasteiger partial charge in [-0.3, -0.25) is 4.79 Å². The van der Waals surface area contributed by atoms with Gasteiger partial charge in [-0.2, -0.15) is 0 Å². The maximum absolute atomic E-state index is 10.8. The predicted molar refractivity (Wildman–Crippen MR) is 63.9 cm³/mol. The molecule has 0 aromatic heterocycles. The summed E-state index contributed by atoms with van der Waals surface area (Å²) in [5.74, 6) is -0.0574. The third kappa shape index (κ3) is 2.38. The molecule has 2 rings (SSSR count). The summed E-state index contributed by atoms with van der Waals surface area (Å²) in [5, 5.41) is 9.61. The summed E-state index contributed by atoms with van der Waals surface area (Å²) < 4.78 is 0. The molecule has 3 heteroatoms. The molecule has 1 N–H and O–H groups in total. The zero-order valence-corrected chi connectivity index (χ0v) is 10.00. The number of halogens is 1. The average molecular weight is 239 g/mol. The Labute approximate surface area is 100 Å². The second kappa shape index (κ2) is 4.46. The quantitative estimate of drug-likeness (QED) is 0.857. The fourth-order valence-corrected chi connectivity index (χ4v) is 2.79. The summed E-state index contributed by atoms with van der Waals surface area (Å²) in [6, 6.07) is 5.84. The van der Waals surface area contributed by atoms with Gasteiger partial charge in [0.15, 0.2) is 0 Å². The second-order valence-electron chi connectivity index (χ2n) is 4.68. The lowest BCUT2D eigenvalue weighted by Crippen LogP contribution is -2.19. The highest BCUT2D eigenvalue weighted by molar-refractivity contribution is 6.30. The molecule has 1 aliphatic carbocycles. The van der Waals surface area contributed by atoms with Crippen molar-refractivity contribution in [1.82, 2.24) is 0 Å². The molecule has 0 saturated carbocycles. The van der Waals surface area contributed by atoms with E-state index in [4.69, 9.17) is 16.7 Å². The number of aliphatic carboxylic acids is 1. The number of hydrogen-bond acceptors (Lipinski definition) is 1. The number of carbonyl (C=O) groups is 1. The predicted octanol–water partition coefficient (Wildman–Crippen LogP) is 3.48. The SMILES string of the molecule is CC1Cc2ccc(Cl)cc2C(CC(=O)O)C1. The van der Waals surface area contributed by atoms with Crippen molar-refractivity contribution in [2.24, 2.45) is 5.92 Å². The van der Waals surface area contributed by atoms with Gasteiger partial charge in [0.1, 0.15) is 0 Å². The first-order valence-corrected chi connectivity index (χ1v) is 5.94. The van der Waals surface area contributed by atoms with E-state index in [2.05, 4.69) is 6.92 Å². The average Bonchev–Trinajstić information content (AvgIpc) is 2.18. The summed E-state index contributed by atoms with van der Waals surface area (Å²) in [4.78, 5) is 10.8. The van der Waals surface area contributed by atoms with Gasteiger partial charge in [0.25, 0.3) is 0 Å². The van der Waals surface area contributed by atoms with E-state index in [-0.39, 0.29) is 12.3 Å². The lowest BCUT2D eigenvalue weighted by atomic mass is 9.76. The summed E-state index contributed by atoms with van der Waals surface area (Å²) in [6.07, 6.45) is 2.18. The molecule has 0 bridgehead atoms. The number of rotatable bonds is 2. The van der Waals surface area contributed by atoms with Gasteiger partial charge >= 0.3 is 5.97 Å². The van der Waals surface area contributed by atoms with Crippen LogP contribution in [0.3, 0.4) is 0 Å². The van der Waals surface area contributed by atoms with Crippen LogP contribution in [0.4, 0.5) is 0 Å². The summed E-state index contributed by atoms with van der Waals surface area (Å²) in [6.45, 7) is 2.17. The Morgan fingerprint density at radius 1 is 1.56 bits per heavy atom. The lowest BCUT2D eigenvalue weighted by Gasteiger charge is -2.29. The van der Waals surface area contributed by atoms with Gasteiger partial charge in [0.05, 0.1) is 6.42 Å². The summed E-state index contributed by atoms with van der Waals surface area (Å²) in [7, 11) is 0. The van der Waals surface area contributed by atoms with Crippen LogP contribution in [-0.2, 0) is 11.2 Å². The van der Waals surface area contributed by atoms with E-state index in [1.165, 1.54) is 5.56 Å². The first kappa shape index (κ1) is 11.5. The smallest absolute Gasteiger partial charge is 0.303 e. The van der Waals surface area contributed by atoms with E-state index in [1.807, 2.05) is 18.2 Å². The van der Waals surface area contributed by atoms with Crippen LogP contribution >= 0.6 is 11.6 Å². The molecule has 0 fully saturated rings. The highest BCUT2D eigenvalue weighted by atomic mass is 35.5. The molecule has 0 spiro atoms. The molecule has 2 unspecified atom stereocenters. The Kier molecular flexibility index (Phi) is 3.20. The highest BCUT2D eigenvalue weighted by Gasteiger charge is 2.26. The third-order valence-corrected chi connectivity index (χ3v) is 3.46. The number of fused-ring (bicyclic) bond motifs is 1. The van der Waals surface area contributed by atoms with Crippen LogP contribution in [0.15, 0.2) is 18.2 Å². The van der Waals surface area contributed by atoms with Crippen molar-refractivity contribution in [3.05, 3.63) is 34.3 Å². The Morgan fingerprint density at radius 3 is 3.00 bits per heavy atom. The molecule has 2 nitrogen and oxygen atoms in total. The minimum atomic E-state index is -0.731. The first-order valence-electron chi connectivity index (χ1n) is 5.56. The molecule has 2 atom stereocenters. The molecule has 0 saturated heterocycles. The molecule has 0 amide bonds. The number of carboxylic acids is 1. The van der Waals surface area contributed by atoms with Gasteiger partial charge in [0.2, 0.25) is 0 Å². The van der Waals surface area contributed by atoms with Crippen LogP contribution in [0.1, 0.15) is 36.8 Å². The van der Waals surface area contributed by atoms with Crippen molar-refractivity contribution < 1.29 is 9.90 Å². The largest absolute Gasteiger partial charge is 0.481 e. The molecule has 16 heavy (non-hydrogen) atoms. The molecule has 0 heterocycles. The number of hydrogen-bond donors (Lipinski definition) is 1. The minimum absolute atomic E-state index is 0.120. The molecular formula is C13H15ClO2. The normalized spacial score (nSPS) is 23.9. The van der Waals surface area contributed by atoms with Crippen LogP contribution in [-0.4, -0.2) is 11.1 Å². The van der Waals surface area contributed by atoms with Crippen LogP contribution in [0, 0.1) is 5.92 Å². The van der Waals surface area contributed by atoms with Crippen LogP contribution in [0.25, 0.3) is 0 Å². The van der Waals surface area contributed by atoms with Crippen molar-refractivity contribution in [3.8, 4) is 0 Å². The van der Waals surface area contributed by atoms with Crippen LogP contribution in [0.2, 0.25) is 5.02 Å². The fraction of sp³-hybridized carbons (Fsp3) is 0.462. The van der Waals surface area contributed by atoms with Crippen LogP contribution < -0.4 is 0 Å². The van der Waals surface area contributed by atoms with Crippen LogP contribution in [0.5, 0.6) is 0 Å². The standard InChI is InChI=1S/C13H15ClO2/c1-8-4-9-2-3-11(14)7-12(9)10(5-8)6-13(15)16/h2-3,7-8,10H,4-6H2,1H3,(H,15,16). The summed E-state index contributed by atoms with van der Waals surface area (Å²) >= 11 is 5.97. The topological polar surface area (TPSA) is 37.3 Å². The van der Waals surface area contributed by atoms with Gasteiger partial charge < -0.3 is 5.11 Å². The molecule has 1 aliphatic rings. The monoisotopic (exact) mass is 238 g/mol. The molecule has 1 aromatic rings. The lowest BCUT2D eigenvalue weighted by molar-refractivity contribution is -0.137. The summed E-state index contributed by atoms with van der Waals surface area (Å²) in [5.41, 5.74) is 2.39. The van der Waals surface area contributed by atoms with Crippen molar-refractivity contribution in [2.75, 3.05) is 0 Å². The maximum Gasteiger partial charge on any atom is 0.303 e. The number of benzene rings is 1. The van der Waals surface area contributed by atoms with E-state index in [1.54, 1.807) is 0 Å². The van der Waals surface area contributed by atoms with Crippen molar-refractivity contribution in [2.45, 2.75) is 32.1 Å². The maximum atomic E-state index is 10.8. The van der Waals surface area contributed by atoms with Crippen molar-refractivity contribution >= 4 is 17.6 Å². The highest BCUT2D eigenvalue weighted by Crippen LogP contribution is 2.37. The zero-order valence-electron chi connectivity index (χ0n) is 9.24. The van der Waals surface area contributed by atoms with Gasteiger partial charge in [-0.25, -0.2) is 0 Å². The molecule has 0 aliphatic heterocycles. The Bertz CT molecular complexity index is 414. The Morgan fingerprint density at radius 2 is 2.31 bits per heavy atom. The van der Waals surface area contributed by atoms with Crippen molar-refractivity contribution in [1.29, 1.82) is 0 Å². The van der Waals surface area contributed by atoms with Gasteiger partial charge in [-0.15, -0.1) is 0 Å². The minimum Gasteiger partial charge on any atom is -0.481 e. The van der Waals surface area contributed by atoms with E-state index in [9.17, 15) is 4.79 Å². The van der Waals surface area contributed by atoms with Gasteiger partial charge in [-0.05, 0) is 47.9 Å². The molecule has 0 radical (unpaired) electrons. The third-order valence-electron chi connectivity index (χ3n) is 3.22. The van der Waals surface area contributed by atoms with E-state index in [0.717, 1.165) is 18.4 Å². The Balaban J connectivity index is 2.35. The molecular weight excluding hydrogens is 224 g/mol. The van der Waals surface area contributed by atoms with Gasteiger partial charge in [-0.1, -0.05) is 24.6 Å². The van der Waals surface area contributed by atoms with E-state index < -0.39 is 5.97 Å². The first-order chi connectivity index (χ1) is 7.56. The van der Waals surface area contributed by atoms with E-state index >= 15 is 0 Å². The van der Waals surface area contributed by atoms with E-state index in [0.29, 0.717) is 10.9 Å². The molecule has 86 valence electrons. The zero-order chi connectivity index (χ0) is 11.7.